The summed E-state index contributed by atoms with van der Waals surface area (Å²) in [6.45, 7) is 0.481. The molecule has 1 N–H and O–H groups in total. The second-order valence-corrected chi connectivity index (χ2v) is 6.86. The number of carbonyl (C=O) groups excluding carboxylic acids is 2. The standard InChI is InChI=1S/C21H15NO3S/c23-20-19(26-21(24)22-20)12-14-8-10-17(11-9-14)25-13-16-6-3-5-15-4-1-2-7-18(15)16/h1-12H,13H2,(H,22,23,24)/b19-12-. The molecule has 0 spiro atoms. The van der Waals surface area contributed by atoms with Gasteiger partial charge in [-0.2, -0.15) is 0 Å². The van der Waals surface area contributed by atoms with Crippen LogP contribution in [-0.4, -0.2) is 11.1 Å². The highest BCUT2D eigenvalue weighted by atomic mass is 32.2. The Kier molecular flexibility index (Phi) is 4.46. The van der Waals surface area contributed by atoms with E-state index in [4.69, 9.17) is 4.74 Å². The third-order valence-corrected chi connectivity index (χ3v) is 4.90. The molecule has 3 aromatic rings. The van der Waals surface area contributed by atoms with E-state index in [2.05, 4.69) is 29.6 Å². The summed E-state index contributed by atoms with van der Waals surface area (Å²) in [5, 5.41) is 4.28. The molecule has 1 aliphatic rings. The smallest absolute Gasteiger partial charge is 0.290 e. The fourth-order valence-electron chi connectivity index (χ4n) is 2.81. The molecular weight excluding hydrogens is 346 g/mol. The zero-order valence-corrected chi connectivity index (χ0v) is 14.6. The summed E-state index contributed by atoms with van der Waals surface area (Å²) in [7, 11) is 0. The molecule has 2 amide bonds. The molecule has 1 fully saturated rings. The van der Waals surface area contributed by atoms with Gasteiger partial charge < -0.3 is 4.74 Å². The van der Waals surface area contributed by atoms with Crippen LogP contribution in [0.4, 0.5) is 4.79 Å². The zero-order valence-electron chi connectivity index (χ0n) is 13.8. The average Bonchev–Trinajstić information content (AvgIpc) is 2.98. The Bertz CT molecular complexity index is 1020. The average molecular weight is 361 g/mol. The van der Waals surface area contributed by atoms with Crippen LogP contribution in [0.2, 0.25) is 0 Å². The molecule has 0 saturated carbocycles. The van der Waals surface area contributed by atoms with E-state index in [1.165, 1.54) is 10.8 Å². The van der Waals surface area contributed by atoms with E-state index in [1.54, 1.807) is 6.08 Å². The Morgan fingerprint density at radius 2 is 1.69 bits per heavy atom. The van der Waals surface area contributed by atoms with Crippen LogP contribution < -0.4 is 10.1 Å². The Hall–Kier alpha value is -3.05. The van der Waals surface area contributed by atoms with Crippen molar-refractivity contribution in [3.8, 4) is 5.75 Å². The summed E-state index contributed by atoms with van der Waals surface area (Å²) in [5.74, 6) is 0.399. The number of imide groups is 1. The lowest BCUT2D eigenvalue weighted by Crippen LogP contribution is -2.17. The third-order valence-electron chi connectivity index (χ3n) is 4.09. The predicted molar refractivity (Wildman–Crippen MR) is 104 cm³/mol. The number of benzene rings is 3. The van der Waals surface area contributed by atoms with Crippen LogP contribution >= 0.6 is 11.8 Å². The highest BCUT2D eigenvalue weighted by molar-refractivity contribution is 8.18. The number of nitrogens with one attached hydrogen (secondary N) is 1. The minimum atomic E-state index is -0.351. The van der Waals surface area contributed by atoms with Gasteiger partial charge >= 0.3 is 0 Å². The highest BCUT2D eigenvalue weighted by Crippen LogP contribution is 2.26. The number of ether oxygens (including phenoxy) is 1. The lowest BCUT2D eigenvalue weighted by molar-refractivity contribution is -0.115. The molecule has 1 heterocycles. The summed E-state index contributed by atoms with van der Waals surface area (Å²) in [6.07, 6.45) is 1.69. The van der Waals surface area contributed by atoms with Crippen molar-refractivity contribution >= 4 is 39.8 Å². The van der Waals surface area contributed by atoms with E-state index >= 15 is 0 Å². The van der Waals surface area contributed by atoms with Crippen LogP contribution in [0.5, 0.6) is 5.75 Å². The maximum atomic E-state index is 11.6. The van der Waals surface area contributed by atoms with E-state index in [-0.39, 0.29) is 11.1 Å². The Morgan fingerprint density at radius 1 is 0.923 bits per heavy atom. The van der Waals surface area contributed by atoms with Gasteiger partial charge in [0.15, 0.2) is 0 Å². The van der Waals surface area contributed by atoms with E-state index in [1.807, 2.05) is 42.5 Å². The lowest BCUT2D eigenvalue weighted by atomic mass is 10.1. The minimum Gasteiger partial charge on any atom is -0.489 e. The number of hydrogen-bond acceptors (Lipinski definition) is 4. The van der Waals surface area contributed by atoms with Crippen molar-refractivity contribution in [1.82, 2.24) is 5.32 Å². The molecule has 0 aromatic heterocycles. The number of rotatable bonds is 4. The summed E-state index contributed by atoms with van der Waals surface area (Å²) in [4.78, 5) is 23.2. The van der Waals surface area contributed by atoms with Gasteiger partial charge in [-0.25, -0.2) is 0 Å². The van der Waals surface area contributed by atoms with Crippen LogP contribution in [0.1, 0.15) is 11.1 Å². The number of amides is 2. The van der Waals surface area contributed by atoms with Gasteiger partial charge in [0.1, 0.15) is 12.4 Å². The molecule has 4 nitrogen and oxygen atoms in total. The SMILES string of the molecule is O=C1NC(=O)/C(=C/c2ccc(OCc3cccc4ccccc34)cc2)S1. The van der Waals surface area contributed by atoms with Crippen molar-refractivity contribution in [2.24, 2.45) is 0 Å². The van der Waals surface area contributed by atoms with Crippen molar-refractivity contribution in [2.45, 2.75) is 6.61 Å². The van der Waals surface area contributed by atoms with Crippen LogP contribution in [0.25, 0.3) is 16.8 Å². The quantitative estimate of drug-likeness (QED) is 0.682. The van der Waals surface area contributed by atoms with Gasteiger partial charge in [0.25, 0.3) is 11.1 Å². The Morgan fingerprint density at radius 3 is 2.46 bits per heavy atom. The first-order valence-corrected chi connectivity index (χ1v) is 8.95. The summed E-state index contributed by atoms with van der Waals surface area (Å²) in [6, 6.07) is 21.8. The Balaban J connectivity index is 1.47. The van der Waals surface area contributed by atoms with Crippen molar-refractivity contribution in [1.29, 1.82) is 0 Å². The largest absolute Gasteiger partial charge is 0.489 e. The molecule has 26 heavy (non-hydrogen) atoms. The monoisotopic (exact) mass is 361 g/mol. The van der Waals surface area contributed by atoms with E-state index in [0.29, 0.717) is 11.5 Å². The van der Waals surface area contributed by atoms with Crippen molar-refractivity contribution < 1.29 is 14.3 Å². The van der Waals surface area contributed by atoms with E-state index in [0.717, 1.165) is 28.6 Å². The summed E-state index contributed by atoms with van der Waals surface area (Å²) < 4.78 is 5.90. The second kappa shape index (κ2) is 7.06. The fraction of sp³-hybridized carbons (Fsp3) is 0.0476. The van der Waals surface area contributed by atoms with Gasteiger partial charge in [-0.3, -0.25) is 14.9 Å². The molecule has 1 saturated heterocycles. The molecule has 1 aliphatic heterocycles. The molecule has 0 bridgehead atoms. The van der Waals surface area contributed by atoms with Crippen molar-refractivity contribution in [3.05, 3.63) is 82.8 Å². The topological polar surface area (TPSA) is 55.4 Å². The molecule has 0 aliphatic carbocycles. The molecule has 3 aromatic carbocycles. The van der Waals surface area contributed by atoms with Gasteiger partial charge in [-0.15, -0.1) is 0 Å². The number of hydrogen-bond donors (Lipinski definition) is 1. The van der Waals surface area contributed by atoms with Crippen LogP contribution in [0.3, 0.4) is 0 Å². The van der Waals surface area contributed by atoms with Crippen molar-refractivity contribution in [2.75, 3.05) is 0 Å². The van der Waals surface area contributed by atoms with Gasteiger partial charge in [-0.05, 0) is 51.9 Å². The summed E-state index contributed by atoms with van der Waals surface area (Å²) in [5.41, 5.74) is 1.97. The molecule has 4 rings (SSSR count). The first-order chi connectivity index (χ1) is 12.7. The van der Waals surface area contributed by atoms with Gasteiger partial charge in [0.2, 0.25) is 0 Å². The molecule has 128 valence electrons. The van der Waals surface area contributed by atoms with E-state index < -0.39 is 0 Å². The van der Waals surface area contributed by atoms with Gasteiger partial charge in [0.05, 0.1) is 4.91 Å². The first kappa shape index (κ1) is 16.4. The summed E-state index contributed by atoms with van der Waals surface area (Å²) >= 11 is 0.912. The first-order valence-electron chi connectivity index (χ1n) is 8.13. The maximum Gasteiger partial charge on any atom is 0.290 e. The fourth-order valence-corrected chi connectivity index (χ4v) is 3.49. The minimum absolute atomic E-state index is 0.337. The maximum absolute atomic E-state index is 11.6. The van der Waals surface area contributed by atoms with Crippen LogP contribution in [-0.2, 0) is 11.4 Å². The zero-order chi connectivity index (χ0) is 17.9. The lowest BCUT2D eigenvalue weighted by Gasteiger charge is -2.09. The Labute approximate surface area is 154 Å². The van der Waals surface area contributed by atoms with Gasteiger partial charge in [0, 0.05) is 0 Å². The molecule has 5 heteroatoms. The molecule has 0 atom stereocenters. The van der Waals surface area contributed by atoms with Crippen LogP contribution in [0, 0.1) is 0 Å². The normalized spacial score (nSPS) is 15.5. The number of carbonyl (C=O) groups is 2. The molecule has 0 unspecified atom stereocenters. The van der Waals surface area contributed by atoms with E-state index in [9.17, 15) is 9.59 Å². The van der Waals surface area contributed by atoms with Crippen LogP contribution in [0.15, 0.2) is 71.6 Å². The number of fused-ring (bicyclic) bond motifs is 1. The molecule has 0 radical (unpaired) electrons. The van der Waals surface area contributed by atoms with Crippen molar-refractivity contribution in [3.63, 3.8) is 0 Å². The van der Waals surface area contributed by atoms with Gasteiger partial charge in [-0.1, -0.05) is 54.6 Å². The second-order valence-electron chi connectivity index (χ2n) is 5.85. The highest BCUT2D eigenvalue weighted by Gasteiger charge is 2.24. The number of thioether (sulfide) groups is 1. The predicted octanol–water partition coefficient (Wildman–Crippen LogP) is 4.74. The molecular formula is C21H15NO3S. The third kappa shape index (κ3) is 3.48.